The quantitative estimate of drug-likeness (QED) is 0.602. The highest BCUT2D eigenvalue weighted by atomic mass is 32.2. The van der Waals surface area contributed by atoms with Gasteiger partial charge in [0.1, 0.15) is 0 Å². The molecule has 1 atom stereocenters. The number of hydrogen-bond acceptors (Lipinski definition) is 3. The van der Waals surface area contributed by atoms with E-state index in [0.717, 1.165) is 11.5 Å². The van der Waals surface area contributed by atoms with Crippen molar-refractivity contribution in [2.75, 3.05) is 11.5 Å². The molecule has 0 radical (unpaired) electrons. The molecular weight excluding hydrogens is 172 g/mol. The summed E-state index contributed by atoms with van der Waals surface area (Å²) in [5, 5.41) is 0. The maximum atomic E-state index is 10.5. The van der Waals surface area contributed by atoms with Crippen LogP contribution in [0, 0.1) is 5.92 Å². The zero-order chi connectivity index (χ0) is 9.56. The number of thioether (sulfide) groups is 1. The molecule has 1 amide bonds. The molecule has 0 bridgehead atoms. The predicted molar refractivity (Wildman–Crippen MR) is 53.9 cm³/mol. The smallest absolute Gasteiger partial charge is 0.234 e. The molecule has 0 saturated carbocycles. The average Bonchev–Trinajstić information content (AvgIpc) is 1.97. The highest BCUT2D eigenvalue weighted by molar-refractivity contribution is 7.99. The zero-order valence-corrected chi connectivity index (χ0v) is 8.56. The second kappa shape index (κ2) is 6.31. The minimum Gasteiger partial charge on any atom is -0.368 e. The largest absolute Gasteiger partial charge is 0.368 e. The Kier molecular flexibility index (Phi) is 6.20. The van der Waals surface area contributed by atoms with Crippen molar-refractivity contribution in [3.05, 3.63) is 0 Å². The van der Waals surface area contributed by atoms with E-state index in [-0.39, 0.29) is 0 Å². The minimum atomic E-state index is -0.468. The van der Waals surface area contributed by atoms with Gasteiger partial charge in [-0.2, -0.15) is 11.8 Å². The Morgan fingerprint density at radius 2 is 2.08 bits per heavy atom. The van der Waals surface area contributed by atoms with Crippen LogP contribution < -0.4 is 11.5 Å². The molecule has 0 aliphatic carbocycles. The van der Waals surface area contributed by atoms with Crippen molar-refractivity contribution in [1.29, 1.82) is 0 Å². The van der Waals surface area contributed by atoms with E-state index < -0.39 is 11.9 Å². The fourth-order valence-corrected chi connectivity index (χ4v) is 1.73. The summed E-state index contributed by atoms with van der Waals surface area (Å²) in [4.78, 5) is 10.5. The lowest BCUT2D eigenvalue weighted by Crippen LogP contribution is -2.36. The van der Waals surface area contributed by atoms with Gasteiger partial charge in [-0.05, 0) is 23.8 Å². The van der Waals surface area contributed by atoms with E-state index in [0.29, 0.717) is 12.3 Å². The third kappa shape index (κ3) is 6.49. The second-order valence-electron chi connectivity index (χ2n) is 3.27. The van der Waals surface area contributed by atoms with Crippen LogP contribution in [0.2, 0.25) is 0 Å². The van der Waals surface area contributed by atoms with Crippen LogP contribution in [0.1, 0.15) is 20.3 Å². The normalized spacial score (nSPS) is 13.3. The van der Waals surface area contributed by atoms with Crippen molar-refractivity contribution in [2.24, 2.45) is 17.4 Å². The van der Waals surface area contributed by atoms with E-state index in [1.165, 1.54) is 0 Å². The van der Waals surface area contributed by atoms with E-state index in [2.05, 4.69) is 13.8 Å². The standard InChI is InChI=1S/C8H18N2OS/c1-6(2)5-12-4-3-7(9)8(10)11/h6-7H,3-5,9H2,1-2H3,(H2,10,11). The van der Waals surface area contributed by atoms with Crippen LogP contribution in [0.3, 0.4) is 0 Å². The molecule has 0 rings (SSSR count). The van der Waals surface area contributed by atoms with Gasteiger partial charge in [0.15, 0.2) is 0 Å². The molecule has 72 valence electrons. The monoisotopic (exact) mass is 190 g/mol. The lowest BCUT2D eigenvalue weighted by Gasteiger charge is -2.07. The summed E-state index contributed by atoms with van der Waals surface area (Å²) in [5.41, 5.74) is 10.5. The molecule has 4 N–H and O–H groups in total. The summed E-state index contributed by atoms with van der Waals surface area (Å²) >= 11 is 1.82. The number of nitrogens with two attached hydrogens (primary N) is 2. The lowest BCUT2D eigenvalue weighted by molar-refractivity contribution is -0.119. The first-order chi connectivity index (χ1) is 5.54. The van der Waals surface area contributed by atoms with Gasteiger partial charge in [0.25, 0.3) is 0 Å². The van der Waals surface area contributed by atoms with E-state index >= 15 is 0 Å². The molecule has 0 aliphatic heterocycles. The third-order valence-corrected chi connectivity index (χ3v) is 2.82. The van der Waals surface area contributed by atoms with Crippen molar-refractivity contribution in [1.82, 2.24) is 0 Å². The molecule has 0 aromatic rings. The average molecular weight is 190 g/mol. The Balaban J connectivity index is 3.25. The summed E-state index contributed by atoms with van der Waals surface area (Å²) in [7, 11) is 0. The van der Waals surface area contributed by atoms with Crippen LogP contribution in [0.5, 0.6) is 0 Å². The Hall–Kier alpha value is -0.220. The predicted octanol–water partition coefficient (Wildman–Crippen LogP) is 0.578. The summed E-state index contributed by atoms with van der Waals surface area (Å²) < 4.78 is 0. The lowest BCUT2D eigenvalue weighted by atomic mass is 10.2. The SMILES string of the molecule is CC(C)CSCCC(N)C(N)=O. The van der Waals surface area contributed by atoms with E-state index in [1.807, 2.05) is 11.8 Å². The second-order valence-corrected chi connectivity index (χ2v) is 4.42. The molecule has 0 aliphatic rings. The van der Waals surface area contributed by atoms with E-state index in [4.69, 9.17) is 11.5 Å². The highest BCUT2D eigenvalue weighted by Gasteiger charge is 2.07. The van der Waals surface area contributed by atoms with Crippen LogP contribution in [-0.4, -0.2) is 23.5 Å². The summed E-state index contributed by atoms with van der Waals surface area (Å²) in [6.45, 7) is 4.34. The maximum absolute atomic E-state index is 10.5. The molecule has 12 heavy (non-hydrogen) atoms. The van der Waals surface area contributed by atoms with Gasteiger partial charge >= 0.3 is 0 Å². The first kappa shape index (κ1) is 11.8. The van der Waals surface area contributed by atoms with Crippen molar-refractivity contribution in [2.45, 2.75) is 26.3 Å². The summed E-state index contributed by atoms with van der Waals surface area (Å²) in [6.07, 6.45) is 0.687. The van der Waals surface area contributed by atoms with Gasteiger partial charge in [-0.15, -0.1) is 0 Å². The molecule has 0 spiro atoms. The van der Waals surface area contributed by atoms with Crippen LogP contribution in [0.4, 0.5) is 0 Å². The van der Waals surface area contributed by atoms with Crippen molar-refractivity contribution < 1.29 is 4.79 Å². The fourth-order valence-electron chi connectivity index (χ4n) is 0.672. The first-order valence-electron chi connectivity index (χ1n) is 4.16. The van der Waals surface area contributed by atoms with E-state index in [9.17, 15) is 4.79 Å². The van der Waals surface area contributed by atoms with Gasteiger partial charge in [0.2, 0.25) is 5.91 Å². The van der Waals surface area contributed by atoms with Crippen LogP contribution in [0.15, 0.2) is 0 Å². The number of rotatable bonds is 6. The van der Waals surface area contributed by atoms with Crippen molar-refractivity contribution >= 4 is 17.7 Å². The van der Waals surface area contributed by atoms with Gasteiger partial charge in [0.05, 0.1) is 6.04 Å². The van der Waals surface area contributed by atoms with Crippen molar-refractivity contribution in [3.8, 4) is 0 Å². The fraction of sp³-hybridized carbons (Fsp3) is 0.875. The van der Waals surface area contributed by atoms with Crippen LogP contribution in [0.25, 0.3) is 0 Å². The molecular formula is C8H18N2OS. The molecule has 0 heterocycles. The molecule has 4 heteroatoms. The Morgan fingerprint density at radius 1 is 1.50 bits per heavy atom. The van der Waals surface area contributed by atoms with Crippen molar-refractivity contribution in [3.63, 3.8) is 0 Å². The Labute approximate surface area is 78.3 Å². The third-order valence-electron chi connectivity index (χ3n) is 1.39. The molecule has 1 unspecified atom stereocenters. The molecule has 0 saturated heterocycles. The molecule has 0 aromatic carbocycles. The van der Waals surface area contributed by atoms with Gasteiger partial charge in [-0.25, -0.2) is 0 Å². The van der Waals surface area contributed by atoms with Crippen LogP contribution in [-0.2, 0) is 4.79 Å². The molecule has 0 aromatic heterocycles. The number of primary amides is 1. The molecule has 3 nitrogen and oxygen atoms in total. The van der Waals surface area contributed by atoms with E-state index in [1.54, 1.807) is 0 Å². The number of amides is 1. The topological polar surface area (TPSA) is 69.1 Å². The molecule has 0 fully saturated rings. The number of hydrogen-bond donors (Lipinski definition) is 2. The van der Waals surface area contributed by atoms with Crippen LogP contribution >= 0.6 is 11.8 Å². The van der Waals surface area contributed by atoms with Gasteiger partial charge in [0, 0.05) is 0 Å². The van der Waals surface area contributed by atoms with Gasteiger partial charge < -0.3 is 11.5 Å². The number of carbonyl (C=O) groups excluding carboxylic acids is 1. The van der Waals surface area contributed by atoms with Gasteiger partial charge in [-0.1, -0.05) is 13.8 Å². The number of carbonyl (C=O) groups is 1. The zero-order valence-electron chi connectivity index (χ0n) is 7.75. The Bertz CT molecular complexity index is 139. The maximum Gasteiger partial charge on any atom is 0.234 e. The minimum absolute atomic E-state index is 0.403. The summed E-state index contributed by atoms with van der Waals surface area (Å²) in [6, 6.07) is -0.468. The first-order valence-corrected chi connectivity index (χ1v) is 5.32. The highest BCUT2D eigenvalue weighted by Crippen LogP contribution is 2.09. The summed E-state index contributed by atoms with van der Waals surface area (Å²) in [5.74, 6) is 2.33. The Morgan fingerprint density at radius 3 is 2.50 bits per heavy atom. The van der Waals surface area contributed by atoms with Gasteiger partial charge in [-0.3, -0.25) is 4.79 Å².